The van der Waals surface area contributed by atoms with Gasteiger partial charge < -0.3 is 4.42 Å². The van der Waals surface area contributed by atoms with E-state index in [0.717, 1.165) is 35.4 Å². The molecule has 0 aliphatic rings. The molecule has 0 aliphatic carbocycles. The van der Waals surface area contributed by atoms with Crippen LogP contribution < -0.4 is 0 Å². The minimum absolute atomic E-state index is 0.550. The Hall–Kier alpha value is -3.04. The number of aryl methyl sites for hydroxylation is 1. The third-order valence-electron chi connectivity index (χ3n) is 4.26. The van der Waals surface area contributed by atoms with Gasteiger partial charge in [0.05, 0.1) is 0 Å². The zero-order chi connectivity index (χ0) is 18.2. The van der Waals surface area contributed by atoms with Crippen LogP contribution in [0.5, 0.6) is 0 Å². The van der Waals surface area contributed by atoms with E-state index in [4.69, 9.17) is 14.9 Å². The van der Waals surface area contributed by atoms with Crippen LogP contribution in [0.25, 0.3) is 33.2 Å². The first kappa shape index (κ1) is 17.8. The Labute approximate surface area is 153 Å². The second-order valence-electron chi connectivity index (χ2n) is 6.21. The smallest absolute Gasteiger partial charge is 0.226 e. The third-order valence-corrected chi connectivity index (χ3v) is 4.26. The maximum Gasteiger partial charge on any atom is 0.226 e. The first-order chi connectivity index (χ1) is 12.8. The van der Waals surface area contributed by atoms with Gasteiger partial charge in [-0.3, -0.25) is 0 Å². The molecule has 26 heavy (non-hydrogen) atoms. The quantitative estimate of drug-likeness (QED) is 0.189. The maximum atomic E-state index is 8.64. The Morgan fingerprint density at radius 1 is 1.00 bits per heavy atom. The summed E-state index contributed by atoms with van der Waals surface area (Å²) < 4.78 is 6.12. The van der Waals surface area contributed by atoms with E-state index in [1.54, 1.807) is 12.1 Å². The Kier molecular flexibility index (Phi) is 6.07. The van der Waals surface area contributed by atoms with Crippen molar-refractivity contribution in [2.45, 2.75) is 39.0 Å². The van der Waals surface area contributed by atoms with E-state index in [1.165, 1.54) is 19.3 Å². The number of rotatable bonds is 8. The van der Waals surface area contributed by atoms with Crippen LogP contribution in [-0.2, 0) is 6.42 Å². The molecule has 2 aromatic carbocycles. The van der Waals surface area contributed by atoms with Gasteiger partial charge in [0.15, 0.2) is 0 Å². The molecule has 5 heteroatoms. The molecule has 0 bridgehead atoms. The largest absolute Gasteiger partial charge is 0.441 e. The lowest BCUT2D eigenvalue weighted by Crippen LogP contribution is -1.88. The summed E-state index contributed by atoms with van der Waals surface area (Å²) in [6.45, 7) is 2.21. The molecular weight excluding hydrogens is 324 g/mol. The predicted molar refractivity (Wildman–Crippen MR) is 104 cm³/mol. The summed E-state index contributed by atoms with van der Waals surface area (Å²) in [5.41, 5.74) is 11.9. The molecule has 0 spiro atoms. The van der Waals surface area contributed by atoms with Gasteiger partial charge in [-0.2, -0.15) is 0 Å². The van der Waals surface area contributed by atoms with E-state index >= 15 is 0 Å². The van der Waals surface area contributed by atoms with E-state index < -0.39 is 0 Å². The van der Waals surface area contributed by atoms with Crippen molar-refractivity contribution in [3.63, 3.8) is 0 Å². The summed E-state index contributed by atoms with van der Waals surface area (Å²) in [5, 5.41) is 3.66. The van der Waals surface area contributed by atoms with Crippen LogP contribution in [0, 0.1) is 0 Å². The van der Waals surface area contributed by atoms with Gasteiger partial charge in [-0.25, -0.2) is 4.98 Å². The molecule has 0 N–H and O–H groups in total. The molecule has 132 valence electrons. The van der Waals surface area contributed by atoms with Gasteiger partial charge in [0.1, 0.15) is 11.5 Å². The molecule has 0 amide bonds. The topological polar surface area (TPSA) is 74.8 Å². The van der Waals surface area contributed by atoms with Crippen molar-refractivity contribution in [1.82, 2.24) is 4.98 Å². The minimum atomic E-state index is 0.550. The van der Waals surface area contributed by atoms with Gasteiger partial charge in [-0.05, 0) is 24.1 Å². The molecule has 0 radical (unpaired) electrons. The molecule has 0 atom stereocenters. The fourth-order valence-corrected chi connectivity index (χ4v) is 2.93. The lowest BCUT2D eigenvalue weighted by atomic mass is 10.1. The number of unbranched alkanes of at least 4 members (excludes halogenated alkanes) is 3. The van der Waals surface area contributed by atoms with Crippen LogP contribution >= 0.6 is 0 Å². The van der Waals surface area contributed by atoms with E-state index in [2.05, 4.69) is 16.9 Å². The van der Waals surface area contributed by atoms with E-state index in [9.17, 15) is 0 Å². The first-order valence-corrected chi connectivity index (χ1v) is 9.02. The van der Waals surface area contributed by atoms with Gasteiger partial charge in [0.25, 0.3) is 0 Å². The van der Waals surface area contributed by atoms with E-state index in [-0.39, 0.29) is 0 Å². The van der Waals surface area contributed by atoms with Crippen LogP contribution in [0.2, 0.25) is 0 Å². The fourth-order valence-electron chi connectivity index (χ4n) is 2.93. The molecule has 1 heterocycles. The Bertz CT molecular complexity index is 895. The Morgan fingerprint density at radius 3 is 2.58 bits per heavy atom. The highest BCUT2D eigenvalue weighted by atomic mass is 16.4. The molecular formula is C21H22N4O. The van der Waals surface area contributed by atoms with Crippen molar-refractivity contribution in [3.8, 4) is 22.7 Å². The van der Waals surface area contributed by atoms with Crippen molar-refractivity contribution in [1.29, 1.82) is 0 Å². The SMILES string of the molecule is CCCCCCc1oc(-c2cccc(N=[N+]=[N-])c2)nc1-c1ccccc1. The molecule has 0 unspecified atom stereocenters. The van der Waals surface area contributed by atoms with Crippen LogP contribution in [0.3, 0.4) is 0 Å². The normalized spacial score (nSPS) is 10.5. The molecule has 5 nitrogen and oxygen atoms in total. The lowest BCUT2D eigenvalue weighted by Gasteiger charge is -2.01. The second-order valence-corrected chi connectivity index (χ2v) is 6.21. The summed E-state index contributed by atoms with van der Waals surface area (Å²) in [6, 6.07) is 17.4. The number of hydrogen-bond acceptors (Lipinski definition) is 3. The average molecular weight is 346 g/mol. The summed E-state index contributed by atoms with van der Waals surface area (Å²) in [5.74, 6) is 1.47. The van der Waals surface area contributed by atoms with Crippen molar-refractivity contribution in [2.24, 2.45) is 5.11 Å². The monoisotopic (exact) mass is 346 g/mol. The average Bonchev–Trinajstić information content (AvgIpc) is 3.11. The highest BCUT2D eigenvalue weighted by Gasteiger charge is 2.16. The summed E-state index contributed by atoms with van der Waals surface area (Å²) >= 11 is 0. The molecule has 0 saturated heterocycles. The number of aromatic nitrogens is 1. The van der Waals surface area contributed by atoms with E-state index in [0.29, 0.717) is 11.6 Å². The van der Waals surface area contributed by atoms with Gasteiger partial charge in [-0.15, -0.1) is 0 Å². The number of oxazole rings is 1. The molecule has 0 aliphatic heterocycles. The first-order valence-electron chi connectivity index (χ1n) is 9.02. The zero-order valence-corrected chi connectivity index (χ0v) is 14.9. The Morgan fingerprint density at radius 2 is 1.81 bits per heavy atom. The number of benzene rings is 2. The highest BCUT2D eigenvalue weighted by molar-refractivity contribution is 5.67. The molecule has 3 rings (SSSR count). The highest BCUT2D eigenvalue weighted by Crippen LogP contribution is 2.31. The van der Waals surface area contributed by atoms with Crippen molar-refractivity contribution < 1.29 is 4.42 Å². The summed E-state index contributed by atoms with van der Waals surface area (Å²) in [7, 11) is 0. The standard InChI is InChI=1S/C21H22N4O/c1-2-3-4-8-14-19-20(16-10-6-5-7-11-16)23-21(26-19)17-12-9-13-18(15-17)24-25-22/h5-7,9-13,15H,2-4,8,14H2,1H3. The van der Waals surface area contributed by atoms with Crippen LogP contribution in [0.1, 0.15) is 38.4 Å². The molecule has 0 saturated carbocycles. The number of azide groups is 1. The fraction of sp³-hybridized carbons (Fsp3) is 0.286. The molecule has 3 aromatic rings. The van der Waals surface area contributed by atoms with Crippen molar-refractivity contribution in [2.75, 3.05) is 0 Å². The van der Waals surface area contributed by atoms with Gasteiger partial charge in [-0.1, -0.05) is 73.8 Å². The van der Waals surface area contributed by atoms with Gasteiger partial charge in [0.2, 0.25) is 5.89 Å². The second kappa shape index (κ2) is 8.88. The van der Waals surface area contributed by atoms with E-state index in [1.807, 2.05) is 42.5 Å². The molecule has 0 fully saturated rings. The van der Waals surface area contributed by atoms with Crippen molar-refractivity contribution >= 4 is 5.69 Å². The predicted octanol–water partition coefficient (Wildman–Crippen LogP) is 7.07. The molecule has 1 aromatic heterocycles. The zero-order valence-electron chi connectivity index (χ0n) is 14.9. The number of nitrogens with zero attached hydrogens (tertiary/aromatic N) is 4. The van der Waals surface area contributed by atoms with Gasteiger partial charge in [0, 0.05) is 28.1 Å². The number of hydrogen-bond donors (Lipinski definition) is 0. The Balaban J connectivity index is 1.95. The van der Waals surface area contributed by atoms with Crippen LogP contribution in [0.4, 0.5) is 5.69 Å². The van der Waals surface area contributed by atoms with Gasteiger partial charge >= 0.3 is 0 Å². The minimum Gasteiger partial charge on any atom is -0.441 e. The summed E-state index contributed by atoms with van der Waals surface area (Å²) in [4.78, 5) is 7.59. The maximum absolute atomic E-state index is 8.64. The third kappa shape index (κ3) is 4.32. The van der Waals surface area contributed by atoms with Crippen molar-refractivity contribution in [3.05, 3.63) is 70.8 Å². The van der Waals surface area contributed by atoms with Crippen LogP contribution in [0.15, 0.2) is 64.1 Å². The lowest BCUT2D eigenvalue weighted by molar-refractivity contribution is 0.503. The summed E-state index contributed by atoms with van der Waals surface area (Å²) in [6.07, 6.45) is 5.58. The van der Waals surface area contributed by atoms with Crippen LogP contribution in [-0.4, -0.2) is 4.98 Å².